The Morgan fingerprint density at radius 3 is 2.70 bits per heavy atom. The molecule has 1 amide bonds. The standard InChI is InChI=1S/C17H22N2O/c20-17(16-8-4-5-11-18-16)19-12-9-15(10-13-19)14-6-2-1-3-7-14/h1-3,6-7,9,16,18H,4-5,8,10-13H2/t16-/m0/s1. The second-order valence-electron chi connectivity index (χ2n) is 5.63. The zero-order chi connectivity index (χ0) is 13.8. The van der Waals surface area contributed by atoms with Crippen molar-refractivity contribution >= 4 is 11.5 Å². The third-order valence-electron chi connectivity index (χ3n) is 4.27. The van der Waals surface area contributed by atoms with Crippen molar-refractivity contribution in [1.82, 2.24) is 10.2 Å². The predicted octanol–water partition coefficient (Wildman–Crippen LogP) is 2.44. The van der Waals surface area contributed by atoms with Crippen LogP contribution in [0.1, 0.15) is 31.2 Å². The molecule has 0 aromatic heterocycles. The minimum absolute atomic E-state index is 0.0513. The molecule has 2 heterocycles. The second kappa shape index (κ2) is 6.23. The van der Waals surface area contributed by atoms with Gasteiger partial charge in [-0.15, -0.1) is 0 Å². The van der Waals surface area contributed by atoms with E-state index >= 15 is 0 Å². The van der Waals surface area contributed by atoms with Crippen LogP contribution in [0.15, 0.2) is 36.4 Å². The summed E-state index contributed by atoms with van der Waals surface area (Å²) in [4.78, 5) is 14.4. The molecule has 3 nitrogen and oxygen atoms in total. The second-order valence-corrected chi connectivity index (χ2v) is 5.63. The third kappa shape index (κ3) is 2.93. The van der Waals surface area contributed by atoms with Crippen LogP contribution in [0.4, 0.5) is 0 Å². The molecule has 0 bridgehead atoms. The molecule has 3 rings (SSSR count). The lowest BCUT2D eigenvalue weighted by molar-refractivity contribution is -0.133. The van der Waals surface area contributed by atoms with E-state index in [0.29, 0.717) is 0 Å². The zero-order valence-corrected chi connectivity index (χ0v) is 11.8. The summed E-state index contributed by atoms with van der Waals surface area (Å²) in [5.74, 6) is 0.285. The molecule has 1 fully saturated rings. The van der Waals surface area contributed by atoms with Crippen LogP contribution in [0, 0.1) is 0 Å². The van der Waals surface area contributed by atoms with E-state index < -0.39 is 0 Å². The topological polar surface area (TPSA) is 32.3 Å². The van der Waals surface area contributed by atoms with Crippen molar-refractivity contribution in [2.75, 3.05) is 19.6 Å². The lowest BCUT2D eigenvalue weighted by Crippen LogP contribution is -2.49. The van der Waals surface area contributed by atoms with E-state index in [0.717, 1.165) is 32.5 Å². The first-order chi connectivity index (χ1) is 9.84. The summed E-state index contributed by atoms with van der Waals surface area (Å²) in [5, 5.41) is 3.35. The smallest absolute Gasteiger partial charge is 0.239 e. The highest BCUT2D eigenvalue weighted by Crippen LogP contribution is 2.23. The summed E-state index contributed by atoms with van der Waals surface area (Å²) in [6, 6.07) is 10.5. The summed E-state index contributed by atoms with van der Waals surface area (Å²) in [6.07, 6.45) is 6.52. The molecule has 1 saturated heterocycles. The van der Waals surface area contributed by atoms with Crippen molar-refractivity contribution in [3.8, 4) is 0 Å². The van der Waals surface area contributed by atoms with Gasteiger partial charge >= 0.3 is 0 Å². The number of hydrogen-bond acceptors (Lipinski definition) is 2. The Hall–Kier alpha value is -1.61. The predicted molar refractivity (Wildman–Crippen MR) is 81.3 cm³/mol. The van der Waals surface area contributed by atoms with E-state index in [1.165, 1.54) is 24.0 Å². The minimum atomic E-state index is 0.0513. The maximum Gasteiger partial charge on any atom is 0.239 e. The van der Waals surface area contributed by atoms with E-state index in [1.54, 1.807) is 0 Å². The fourth-order valence-corrected chi connectivity index (χ4v) is 3.07. The van der Waals surface area contributed by atoms with Crippen LogP contribution in [-0.2, 0) is 4.79 Å². The number of benzene rings is 1. The minimum Gasteiger partial charge on any atom is -0.337 e. The van der Waals surface area contributed by atoms with Gasteiger partial charge in [0.2, 0.25) is 5.91 Å². The van der Waals surface area contributed by atoms with Crippen molar-refractivity contribution in [3.63, 3.8) is 0 Å². The molecule has 0 unspecified atom stereocenters. The Balaban J connectivity index is 1.62. The average molecular weight is 270 g/mol. The normalized spacial score (nSPS) is 23.3. The van der Waals surface area contributed by atoms with E-state index in [1.807, 2.05) is 11.0 Å². The highest BCUT2D eigenvalue weighted by molar-refractivity contribution is 5.83. The molecule has 2 aliphatic heterocycles. The fraction of sp³-hybridized carbons (Fsp3) is 0.471. The maximum atomic E-state index is 12.4. The van der Waals surface area contributed by atoms with Crippen LogP contribution in [0.2, 0.25) is 0 Å². The number of amides is 1. The van der Waals surface area contributed by atoms with Crippen molar-refractivity contribution in [2.24, 2.45) is 0 Å². The molecule has 2 aliphatic rings. The van der Waals surface area contributed by atoms with Gasteiger partial charge in [0.25, 0.3) is 0 Å². The van der Waals surface area contributed by atoms with Crippen molar-refractivity contribution < 1.29 is 4.79 Å². The van der Waals surface area contributed by atoms with Crippen LogP contribution in [0.3, 0.4) is 0 Å². The van der Waals surface area contributed by atoms with Gasteiger partial charge < -0.3 is 10.2 Å². The van der Waals surface area contributed by atoms with Crippen molar-refractivity contribution in [3.05, 3.63) is 42.0 Å². The lowest BCUT2D eigenvalue weighted by Gasteiger charge is -2.32. The van der Waals surface area contributed by atoms with Crippen LogP contribution in [-0.4, -0.2) is 36.5 Å². The lowest BCUT2D eigenvalue weighted by atomic mass is 9.98. The Morgan fingerprint density at radius 1 is 1.20 bits per heavy atom. The summed E-state index contributed by atoms with van der Waals surface area (Å²) in [6.45, 7) is 2.58. The molecule has 106 valence electrons. The Morgan fingerprint density at radius 2 is 2.05 bits per heavy atom. The molecule has 0 aliphatic carbocycles. The first-order valence-corrected chi connectivity index (χ1v) is 7.61. The van der Waals surface area contributed by atoms with Crippen LogP contribution < -0.4 is 5.32 Å². The Labute approximate surface area is 120 Å². The highest BCUT2D eigenvalue weighted by atomic mass is 16.2. The SMILES string of the molecule is O=C([C@@H]1CCCCN1)N1CC=C(c2ccccc2)CC1. The number of carbonyl (C=O) groups excluding carboxylic acids is 1. The zero-order valence-electron chi connectivity index (χ0n) is 11.8. The van der Waals surface area contributed by atoms with Crippen molar-refractivity contribution in [2.45, 2.75) is 31.7 Å². The molecule has 3 heteroatoms. The van der Waals surface area contributed by atoms with Gasteiger partial charge in [0.05, 0.1) is 6.04 Å². The first-order valence-electron chi connectivity index (χ1n) is 7.61. The van der Waals surface area contributed by atoms with Gasteiger partial charge in [-0.3, -0.25) is 4.79 Å². The van der Waals surface area contributed by atoms with Crippen molar-refractivity contribution in [1.29, 1.82) is 0 Å². The summed E-state index contributed by atoms with van der Waals surface area (Å²) in [5.41, 5.74) is 2.65. The number of rotatable bonds is 2. The number of hydrogen-bond donors (Lipinski definition) is 1. The summed E-state index contributed by atoms with van der Waals surface area (Å²) < 4.78 is 0. The van der Waals surface area contributed by atoms with E-state index in [4.69, 9.17) is 0 Å². The van der Waals surface area contributed by atoms with Gasteiger partial charge in [-0.1, -0.05) is 42.8 Å². The van der Waals surface area contributed by atoms with Gasteiger partial charge in [0.15, 0.2) is 0 Å². The number of nitrogens with zero attached hydrogens (tertiary/aromatic N) is 1. The average Bonchev–Trinajstić information content (AvgIpc) is 2.56. The van der Waals surface area contributed by atoms with Gasteiger partial charge in [0, 0.05) is 13.1 Å². The van der Waals surface area contributed by atoms with Crippen LogP contribution in [0.5, 0.6) is 0 Å². The van der Waals surface area contributed by atoms with E-state index in [-0.39, 0.29) is 11.9 Å². The fourth-order valence-electron chi connectivity index (χ4n) is 3.07. The molecular weight excluding hydrogens is 248 g/mol. The van der Waals surface area contributed by atoms with Gasteiger partial charge in [-0.05, 0) is 36.9 Å². The summed E-state index contributed by atoms with van der Waals surface area (Å²) in [7, 11) is 0. The molecule has 0 spiro atoms. The molecule has 1 aromatic rings. The quantitative estimate of drug-likeness (QED) is 0.895. The molecule has 1 atom stereocenters. The van der Waals surface area contributed by atoms with Gasteiger partial charge in [-0.2, -0.15) is 0 Å². The third-order valence-corrected chi connectivity index (χ3v) is 4.27. The first kappa shape index (κ1) is 13.4. The van der Waals surface area contributed by atoms with Crippen LogP contribution >= 0.6 is 0 Å². The van der Waals surface area contributed by atoms with Gasteiger partial charge in [0.1, 0.15) is 0 Å². The maximum absolute atomic E-state index is 12.4. The molecule has 20 heavy (non-hydrogen) atoms. The number of carbonyl (C=O) groups is 1. The molecule has 0 radical (unpaired) electrons. The molecular formula is C17H22N2O. The number of nitrogens with one attached hydrogen (secondary N) is 1. The number of piperidine rings is 1. The Bertz CT molecular complexity index is 489. The monoisotopic (exact) mass is 270 g/mol. The Kier molecular flexibility index (Phi) is 4.16. The highest BCUT2D eigenvalue weighted by Gasteiger charge is 2.26. The van der Waals surface area contributed by atoms with Crippen LogP contribution in [0.25, 0.3) is 5.57 Å². The van der Waals surface area contributed by atoms with E-state index in [9.17, 15) is 4.79 Å². The molecule has 0 saturated carbocycles. The van der Waals surface area contributed by atoms with E-state index in [2.05, 4.69) is 35.7 Å². The van der Waals surface area contributed by atoms with Gasteiger partial charge in [-0.25, -0.2) is 0 Å². The summed E-state index contributed by atoms with van der Waals surface area (Å²) >= 11 is 0. The largest absolute Gasteiger partial charge is 0.337 e. The molecule has 1 aromatic carbocycles. The molecule has 1 N–H and O–H groups in total.